The number of ether oxygens (including phenoxy) is 1. The molecule has 4 rings (SSSR count). The fourth-order valence-corrected chi connectivity index (χ4v) is 5.36. The summed E-state index contributed by atoms with van der Waals surface area (Å²) in [5.41, 5.74) is 1.07. The minimum atomic E-state index is -3.99. The third kappa shape index (κ3) is 5.83. The van der Waals surface area contributed by atoms with Crippen molar-refractivity contribution in [3.63, 3.8) is 0 Å². The SMILES string of the molecule is CCn1c(Oc2cccc(N3CCN(C)CC3)c2)nnc1[C@@H](C)NS(=O)(=O)c1ccc(Br)c(F)c1. The van der Waals surface area contributed by atoms with Crippen LogP contribution in [0.25, 0.3) is 0 Å². The van der Waals surface area contributed by atoms with Gasteiger partial charge in [-0.25, -0.2) is 17.5 Å². The Morgan fingerprint density at radius 2 is 1.89 bits per heavy atom. The van der Waals surface area contributed by atoms with Crippen LogP contribution in [0.3, 0.4) is 0 Å². The summed E-state index contributed by atoms with van der Waals surface area (Å²) in [6, 6.07) is 11.0. The topological polar surface area (TPSA) is 92.6 Å². The number of nitrogens with one attached hydrogen (secondary N) is 1. The first kappa shape index (κ1) is 25.5. The van der Waals surface area contributed by atoms with E-state index in [2.05, 4.69) is 53.8 Å². The quantitative estimate of drug-likeness (QED) is 0.443. The van der Waals surface area contributed by atoms with Gasteiger partial charge >= 0.3 is 6.01 Å². The van der Waals surface area contributed by atoms with Crippen molar-refractivity contribution in [3.8, 4) is 11.8 Å². The molecule has 1 saturated heterocycles. The second-order valence-corrected chi connectivity index (χ2v) is 11.0. The van der Waals surface area contributed by atoms with Crippen molar-refractivity contribution in [2.45, 2.75) is 31.3 Å². The number of hydrogen-bond acceptors (Lipinski definition) is 7. The monoisotopic (exact) mass is 566 g/mol. The van der Waals surface area contributed by atoms with Crippen LogP contribution >= 0.6 is 15.9 Å². The van der Waals surface area contributed by atoms with Crippen LogP contribution in [-0.4, -0.2) is 61.3 Å². The van der Waals surface area contributed by atoms with Gasteiger partial charge in [0, 0.05) is 44.5 Å². The Morgan fingerprint density at radius 1 is 1.14 bits per heavy atom. The summed E-state index contributed by atoms with van der Waals surface area (Å²) >= 11 is 3.03. The predicted octanol–water partition coefficient (Wildman–Crippen LogP) is 3.78. The van der Waals surface area contributed by atoms with E-state index in [0.29, 0.717) is 18.1 Å². The second-order valence-electron chi connectivity index (χ2n) is 8.39. The highest BCUT2D eigenvalue weighted by molar-refractivity contribution is 9.10. The van der Waals surface area contributed by atoms with Crippen molar-refractivity contribution in [2.24, 2.45) is 0 Å². The molecule has 1 atom stereocenters. The lowest BCUT2D eigenvalue weighted by atomic mass is 10.2. The molecular weight excluding hydrogens is 539 g/mol. The van der Waals surface area contributed by atoms with Crippen molar-refractivity contribution < 1.29 is 17.5 Å². The van der Waals surface area contributed by atoms with Crippen LogP contribution in [0.15, 0.2) is 51.8 Å². The molecule has 1 N–H and O–H groups in total. The summed E-state index contributed by atoms with van der Waals surface area (Å²) in [7, 11) is -1.87. The predicted molar refractivity (Wildman–Crippen MR) is 135 cm³/mol. The highest BCUT2D eigenvalue weighted by atomic mass is 79.9. The number of sulfonamides is 1. The molecule has 0 bridgehead atoms. The lowest BCUT2D eigenvalue weighted by Crippen LogP contribution is -2.44. The van der Waals surface area contributed by atoms with Crippen LogP contribution < -0.4 is 14.4 Å². The molecule has 1 aromatic heterocycles. The maximum Gasteiger partial charge on any atom is 0.322 e. The van der Waals surface area contributed by atoms with E-state index < -0.39 is 21.9 Å². The largest absolute Gasteiger partial charge is 0.424 e. The van der Waals surface area contributed by atoms with Crippen molar-refractivity contribution in [1.82, 2.24) is 24.4 Å². The van der Waals surface area contributed by atoms with Gasteiger partial charge in [0.15, 0.2) is 5.82 Å². The molecule has 1 aliphatic rings. The Bertz CT molecular complexity index is 1290. The number of likely N-dealkylation sites (N-methyl/N-ethyl adjacent to an activating group) is 1. The third-order valence-electron chi connectivity index (χ3n) is 5.88. The maximum absolute atomic E-state index is 13.9. The number of piperazine rings is 1. The van der Waals surface area contributed by atoms with Crippen molar-refractivity contribution in [1.29, 1.82) is 0 Å². The lowest BCUT2D eigenvalue weighted by Gasteiger charge is -2.34. The van der Waals surface area contributed by atoms with Crippen LogP contribution in [0, 0.1) is 5.82 Å². The average Bonchev–Trinajstić information content (AvgIpc) is 3.23. The van der Waals surface area contributed by atoms with Gasteiger partial charge in [0.05, 0.1) is 15.4 Å². The Hall–Kier alpha value is -2.54. The van der Waals surface area contributed by atoms with Crippen LogP contribution in [-0.2, 0) is 16.6 Å². The summed E-state index contributed by atoms with van der Waals surface area (Å²) in [5, 5.41) is 8.33. The van der Waals surface area contributed by atoms with Gasteiger partial charge < -0.3 is 14.5 Å². The molecule has 0 radical (unpaired) electrons. The number of aromatic nitrogens is 3. The van der Waals surface area contributed by atoms with Crippen LogP contribution in [0.4, 0.5) is 10.1 Å². The van der Waals surface area contributed by atoms with Crippen molar-refractivity contribution in [2.75, 3.05) is 38.1 Å². The molecule has 1 fully saturated rings. The van der Waals surface area contributed by atoms with Crippen molar-refractivity contribution in [3.05, 3.63) is 58.6 Å². The highest BCUT2D eigenvalue weighted by Crippen LogP contribution is 2.28. The number of rotatable bonds is 8. The zero-order chi connectivity index (χ0) is 25.2. The first-order valence-electron chi connectivity index (χ1n) is 11.3. The van der Waals surface area contributed by atoms with E-state index in [9.17, 15) is 12.8 Å². The zero-order valence-corrected chi connectivity index (χ0v) is 22.2. The number of nitrogens with zero attached hydrogens (tertiary/aromatic N) is 5. The fraction of sp³-hybridized carbons (Fsp3) is 0.391. The van der Waals surface area contributed by atoms with E-state index in [0.717, 1.165) is 37.9 Å². The lowest BCUT2D eigenvalue weighted by molar-refractivity contribution is 0.312. The number of benzene rings is 2. The van der Waals surface area contributed by atoms with E-state index in [-0.39, 0.29) is 15.4 Å². The molecule has 12 heteroatoms. The molecule has 35 heavy (non-hydrogen) atoms. The van der Waals surface area contributed by atoms with Crippen LogP contribution in [0.2, 0.25) is 0 Å². The average molecular weight is 567 g/mol. The maximum atomic E-state index is 13.9. The minimum Gasteiger partial charge on any atom is -0.424 e. The number of halogens is 2. The third-order valence-corrected chi connectivity index (χ3v) is 8.06. The molecule has 188 valence electrons. The highest BCUT2D eigenvalue weighted by Gasteiger charge is 2.25. The van der Waals surface area contributed by atoms with Gasteiger partial charge in [-0.1, -0.05) is 11.2 Å². The zero-order valence-electron chi connectivity index (χ0n) is 19.8. The van der Waals surface area contributed by atoms with Crippen LogP contribution in [0.1, 0.15) is 25.7 Å². The Balaban J connectivity index is 1.51. The number of anilines is 1. The summed E-state index contributed by atoms with van der Waals surface area (Å²) in [6.45, 7) is 7.89. The molecule has 0 unspecified atom stereocenters. The van der Waals surface area contributed by atoms with E-state index in [4.69, 9.17) is 4.74 Å². The smallest absolute Gasteiger partial charge is 0.322 e. The van der Waals surface area contributed by atoms with Crippen LogP contribution in [0.5, 0.6) is 11.8 Å². The normalized spacial score (nSPS) is 15.9. The summed E-state index contributed by atoms with van der Waals surface area (Å²) in [6.07, 6.45) is 0. The van der Waals surface area contributed by atoms with Gasteiger partial charge in [-0.15, -0.1) is 5.10 Å². The summed E-state index contributed by atoms with van der Waals surface area (Å²) in [4.78, 5) is 4.43. The van der Waals surface area contributed by atoms with E-state index >= 15 is 0 Å². The van der Waals surface area contributed by atoms with Gasteiger partial charge in [0.1, 0.15) is 11.6 Å². The first-order valence-corrected chi connectivity index (χ1v) is 13.6. The van der Waals surface area contributed by atoms with Gasteiger partial charge in [-0.2, -0.15) is 0 Å². The number of hydrogen-bond donors (Lipinski definition) is 1. The molecule has 0 aliphatic carbocycles. The first-order chi connectivity index (χ1) is 16.7. The molecular formula is C23H28BrFN6O3S. The molecule has 0 saturated carbocycles. The molecule has 0 spiro atoms. The van der Waals surface area contributed by atoms with E-state index in [1.807, 2.05) is 25.1 Å². The van der Waals surface area contributed by atoms with Crippen molar-refractivity contribution >= 4 is 31.6 Å². The second kappa shape index (κ2) is 10.6. The molecule has 2 heterocycles. The molecule has 9 nitrogen and oxygen atoms in total. The van der Waals surface area contributed by atoms with Gasteiger partial charge in [-0.05, 0) is 67.2 Å². The minimum absolute atomic E-state index is 0.176. The fourth-order valence-electron chi connectivity index (χ4n) is 3.90. The van der Waals surface area contributed by atoms with Gasteiger partial charge in [0.2, 0.25) is 10.0 Å². The van der Waals surface area contributed by atoms with E-state index in [1.54, 1.807) is 11.5 Å². The standard InChI is InChI=1S/C23H28BrFN6O3S/c1-4-31-22(16(2)28-35(32,33)19-8-9-20(24)21(25)15-19)26-27-23(31)34-18-7-5-6-17(14-18)30-12-10-29(3)11-13-30/h5-9,14-16,28H,4,10-13H2,1-3H3/t16-/m1/s1. The molecule has 3 aromatic rings. The van der Waals surface area contributed by atoms with Gasteiger partial charge in [0.25, 0.3) is 0 Å². The molecule has 0 amide bonds. The van der Waals surface area contributed by atoms with E-state index in [1.165, 1.54) is 12.1 Å². The Morgan fingerprint density at radius 3 is 2.57 bits per heavy atom. The summed E-state index contributed by atoms with van der Waals surface area (Å²) in [5.74, 6) is 0.347. The Kier molecular flexibility index (Phi) is 7.74. The van der Waals surface area contributed by atoms with Gasteiger partial charge in [-0.3, -0.25) is 4.57 Å². The Labute approximate surface area is 213 Å². The summed E-state index contributed by atoms with van der Waals surface area (Å²) < 4.78 is 50.0. The molecule has 1 aliphatic heterocycles. The molecule has 2 aromatic carbocycles.